The number of aromatic nitrogens is 1. The number of halogens is 1. The van der Waals surface area contributed by atoms with Gasteiger partial charge in [0.15, 0.2) is 5.17 Å². The summed E-state index contributed by atoms with van der Waals surface area (Å²) in [6, 6.07) is 9.23. The van der Waals surface area contributed by atoms with Crippen LogP contribution in [0.15, 0.2) is 41.5 Å². The highest BCUT2D eigenvalue weighted by atomic mass is 32.2. The van der Waals surface area contributed by atoms with Crippen molar-refractivity contribution in [2.75, 3.05) is 19.0 Å². The molecule has 5 rings (SSSR count). The van der Waals surface area contributed by atoms with E-state index in [2.05, 4.69) is 4.98 Å². The second-order valence-electron chi connectivity index (χ2n) is 6.84. The Bertz CT molecular complexity index is 906. The van der Waals surface area contributed by atoms with E-state index in [1.807, 2.05) is 18.2 Å². The van der Waals surface area contributed by atoms with Gasteiger partial charge in [-0.3, -0.25) is 0 Å². The standard InChI is InChI=1S/C19H18FN3O2S/c20-17-12(2-1-6-22-17)11-3-4-15-13(8-11)19(10-26-18(21)23-19)14-9-24-7-5-16(14)25-15/h1-4,6,8,14,16H,5,7,9-10H2,(H2,21,23)/t14-,16?,19-/m0/s1. The Balaban J connectivity index is 1.69. The summed E-state index contributed by atoms with van der Waals surface area (Å²) in [7, 11) is 0. The van der Waals surface area contributed by atoms with E-state index in [0.29, 0.717) is 23.9 Å². The molecule has 134 valence electrons. The summed E-state index contributed by atoms with van der Waals surface area (Å²) in [6.45, 7) is 1.28. The number of aliphatic imine (C=N–C) groups is 1. The lowest BCUT2D eigenvalue weighted by atomic mass is 9.73. The Morgan fingerprint density at radius 2 is 2.23 bits per heavy atom. The maximum absolute atomic E-state index is 14.2. The molecule has 4 heterocycles. The number of rotatable bonds is 1. The first kappa shape index (κ1) is 16.1. The summed E-state index contributed by atoms with van der Waals surface area (Å²) in [5.74, 6) is 1.17. The molecule has 1 spiro atoms. The van der Waals surface area contributed by atoms with Crippen molar-refractivity contribution in [1.82, 2.24) is 4.98 Å². The summed E-state index contributed by atoms with van der Waals surface area (Å²) in [5.41, 5.74) is 7.76. The van der Waals surface area contributed by atoms with Crippen molar-refractivity contribution >= 4 is 16.9 Å². The van der Waals surface area contributed by atoms with Crippen molar-refractivity contribution in [2.45, 2.75) is 18.1 Å². The summed E-state index contributed by atoms with van der Waals surface area (Å²) >= 11 is 1.56. The van der Waals surface area contributed by atoms with E-state index in [9.17, 15) is 4.39 Å². The number of pyridine rings is 1. The number of hydrogen-bond acceptors (Lipinski definition) is 6. The molecule has 3 aliphatic rings. The van der Waals surface area contributed by atoms with E-state index in [4.69, 9.17) is 20.2 Å². The Hall–Kier alpha value is -2.12. The molecule has 0 amide bonds. The molecule has 7 heteroatoms. The molecule has 26 heavy (non-hydrogen) atoms. The molecule has 0 bridgehead atoms. The van der Waals surface area contributed by atoms with E-state index < -0.39 is 11.5 Å². The van der Waals surface area contributed by atoms with Crippen molar-refractivity contribution in [2.24, 2.45) is 16.6 Å². The van der Waals surface area contributed by atoms with Crippen LogP contribution in [0.3, 0.4) is 0 Å². The molecular weight excluding hydrogens is 353 g/mol. The minimum absolute atomic E-state index is 0.0625. The van der Waals surface area contributed by atoms with Gasteiger partial charge in [0.05, 0.1) is 13.2 Å². The largest absolute Gasteiger partial charge is 0.489 e. The molecule has 5 nitrogen and oxygen atoms in total. The smallest absolute Gasteiger partial charge is 0.220 e. The lowest BCUT2D eigenvalue weighted by Gasteiger charge is -2.46. The van der Waals surface area contributed by atoms with Crippen LogP contribution < -0.4 is 10.5 Å². The van der Waals surface area contributed by atoms with Crippen molar-refractivity contribution < 1.29 is 13.9 Å². The van der Waals surface area contributed by atoms with Crippen LogP contribution in [-0.2, 0) is 10.3 Å². The number of amidine groups is 1. The Morgan fingerprint density at radius 1 is 1.31 bits per heavy atom. The first-order valence-corrected chi connectivity index (χ1v) is 9.64. The van der Waals surface area contributed by atoms with Gasteiger partial charge < -0.3 is 15.2 Å². The van der Waals surface area contributed by atoms with Crippen LogP contribution in [0.1, 0.15) is 12.0 Å². The van der Waals surface area contributed by atoms with Gasteiger partial charge in [-0.05, 0) is 29.8 Å². The average Bonchev–Trinajstić information content (AvgIpc) is 3.05. The first-order valence-electron chi connectivity index (χ1n) is 8.65. The molecule has 1 fully saturated rings. The molecule has 1 aromatic heterocycles. The highest BCUT2D eigenvalue weighted by molar-refractivity contribution is 8.14. The summed E-state index contributed by atoms with van der Waals surface area (Å²) in [5, 5.41) is 0.583. The van der Waals surface area contributed by atoms with Gasteiger partial charge in [0, 0.05) is 35.4 Å². The predicted octanol–water partition coefficient (Wildman–Crippen LogP) is 2.94. The van der Waals surface area contributed by atoms with Crippen LogP contribution in [0.2, 0.25) is 0 Å². The zero-order valence-corrected chi connectivity index (χ0v) is 14.8. The lowest BCUT2D eigenvalue weighted by molar-refractivity contribution is -0.0628. The van der Waals surface area contributed by atoms with Crippen LogP contribution >= 0.6 is 11.8 Å². The fraction of sp³-hybridized carbons (Fsp3) is 0.368. The zero-order chi connectivity index (χ0) is 17.7. The van der Waals surface area contributed by atoms with Crippen LogP contribution in [0, 0.1) is 11.9 Å². The minimum Gasteiger partial charge on any atom is -0.489 e. The van der Waals surface area contributed by atoms with Gasteiger partial charge in [0.25, 0.3) is 0 Å². The number of nitrogens with two attached hydrogens (primary N) is 1. The van der Waals surface area contributed by atoms with Gasteiger partial charge in [-0.25, -0.2) is 9.98 Å². The van der Waals surface area contributed by atoms with E-state index in [1.54, 1.807) is 23.9 Å². The maximum atomic E-state index is 14.2. The maximum Gasteiger partial charge on any atom is 0.220 e. The van der Waals surface area contributed by atoms with Gasteiger partial charge in [-0.2, -0.15) is 4.39 Å². The molecule has 2 aromatic rings. The highest BCUT2D eigenvalue weighted by Gasteiger charge is 2.53. The van der Waals surface area contributed by atoms with Crippen molar-refractivity contribution in [3.63, 3.8) is 0 Å². The van der Waals surface area contributed by atoms with Gasteiger partial charge in [0.1, 0.15) is 17.4 Å². The average molecular weight is 371 g/mol. The molecule has 3 aliphatic heterocycles. The second kappa shape index (κ2) is 5.96. The molecule has 0 aliphatic carbocycles. The van der Waals surface area contributed by atoms with Crippen LogP contribution in [-0.4, -0.2) is 35.2 Å². The third-order valence-electron chi connectivity index (χ3n) is 5.45. The van der Waals surface area contributed by atoms with E-state index in [0.717, 1.165) is 29.1 Å². The van der Waals surface area contributed by atoms with E-state index >= 15 is 0 Å². The monoisotopic (exact) mass is 371 g/mol. The molecular formula is C19H18FN3O2S. The lowest BCUT2D eigenvalue weighted by Crippen LogP contribution is -2.52. The Morgan fingerprint density at radius 3 is 3.04 bits per heavy atom. The fourth-order valence-electron chi connectivity index (χ4n) is 4.18. The SMILES string of the molecule is NC1=N[C@@]2(CS1)c1cc(-c3cccnc3F)ccc1OC1CCOC[C@@H]12. The zero-order valence-electron chi connectivity index (χ0n) is 14.0. The van der Waals surface area contributed by atoms with Crippen LogP contribution in [0.5, 0.6) is 5.75 Å². The summed E-state index contributed by atoms with van der Waals surface area (Å²) < 4.78 is 26.2. The van der Waals surface area contributed by atoms with Crippen molar-refractivity contribution in [1.29, 1.82) is 0 Å². The number of hydrogen-bond donors (Lipinski definition) is 1. The molecule has 2 N–H and O–H groups in total. The fourth-order valence-corrected chi connectivity index (χ4v) is 5.21. The van der Waals surface area contributed by atoms with Crippen LogP contribution in [0.25, 0.3) is 11.1 Å². The highest BCUT2D eigenvalue weighted by Crippen LogP contribution is 2.52. The summed E-state index contributed by atoms with van der Waals surface area (Å²) in [4.78, 5) is 8.62. The van der Waals surface area contributed by atoms with Gasteiger partial charge >= 0.3 is 0 Å². The number of thioether (sulfide) groups is 1. The molecule has 0 radical (unpaired) electrons. The van der Waals surface area contributed by atoms with Gasteiger partial charge in [0.2, 0.25) is 5.95 Å². The third-order valence-corrected chi connectivity index (χ3v) is 6.42. The number of benzene rings is 1. The van der Waals surface area contributed by atoms with Crippen molar-refractivity contribution in [3.8, 4) is 16.9 Å². The normalized spacial score (nSPS) is 29.7. The van der Waals surface area contributed by atoms with Crippen molar-refractivity contribution in [3.05, 3.63) is 48.0 Å². The quantitative estimate of drug-likeness (QED) is 0.781. The number of fused-ring (bicyclic) bond motifs is 4. The first-order chi connectivity index (χ1) is 12.7. The Labute approximate surface area is 154 Å². The van der Waals surface area contributed by atoms with E-state index in [-0.39, 0.29) is 12.0 Å². The summed E-state index contributed by atoms with van der Waals surface area (Å²) in [6.07, 6.45) is 2.35. The van der Waals surface area contributed by atoms with Gasteiger partial charge in [-0.15, -0.1) is 0 Å². The Kier molecular flexibility index (Phi) is 3.68. The number of nitrogens with zero attached hydrogens (tertiary/aromatic N) is 2. The predicted molar refractivity (Wildman–Crippen MR) is 98.7 cm³/mol. The number of ether oxygens (including phenoxy) is 2. The molecule has 1 saturated heterocycles. The van der Waals surface area contributed by atoms with Crippen LogP contribution in [0.4, 0.5) is 4.39 Å². The van der Waals surface area contributed by atoms with Gasteiger partial charge in [-0.1, -0.05) is 17.8 Å². The molecule has 1 aromatic carbocycles. The second-order valence-corrected chi connectivity index (χ2v) is 7.84. The molecule has 0 saturated carbocycles. The third kappa shape index (κ3) is 2.34. The molecule has 3 atom stereocenters. The minimum atomic E-state index is -0.485. The molecule has 1 unspecified atom stereocenters. The topological polar surface area (TPSA) is 69.7 Å². The van der Waals surface area contributed by atoms with E-state index in [1.165, 1.54) is 6.20 Å².